The molecule has 2 atom stereocenters. The van der Waals surface area contributed by atoms with Crippen molar-refractivity contribution in [3.05, 3.63) is 28.8 Å². The van der Waals surface area contributed by atoms with Crippen molar-refractivity contribution in [1.82, 2.24) is 0 Å². The molecule has 1 fully saturated rings. The van der Waals surface area contributed by atoms with Crippen molar-refractivity contribution in [2.75, 3.05) is 7.11 Å². The van der Waals surface area contributed by atoms with E-state index in [2.05, 4.69) is 6.92 Å². The van der Waals surface area contributed by atoms with Crippen molar-refractivity contribution < 1.29 is 9.84 Å². The van der Waals surface area contributed by atoms with Gasteiger partial charge in [0.05, 0.1) is 17.7 Å². The quantitative estimate of drug-likeness (QED) is 0.871. The van der Waals surface area contributed by atoms with Gasteiger partial charge in [-0.15, -0.1) is 0 Å². The Morgan fingerprint density at radius 1 is 1.47 bits per heavy atom. The van der Waals surface area contributed by atoms with Crippen LogP contribution in [0.1, 0.15) is 38.2 Å². The van der Waals surface area contributed by atoms with Gasteiger partial charge in [0, 0.05) is 0 Å². The van der Waals surface area contributed by atoms with E-state index in [0.29, 0.717) is 16.7 Å². The van der Waals surface area contributed by atoms with Gasteiger partial charge in [-0.25, -0.2) is 0 Å². The first kappa shape index (κ1) is 12.7. The third-order valence-corrected chi connectivity index (χ3v) is 3.97. The second-order valence-electron chi connectivity index (χ2n) is 5.08. The molecular formula is C14H19ClO2. The number of rotatable bonds is 2. The predicted octanol–water partition coefficient (Wildman–Crippen LogP) is 3.75. The van der Waals surface area contributed by atoms with E-state index in [0.717, 1.165) is 24.8 Å². The Morgan fingerprint density at radius 2 is 2.24 bits per heavy atom. The summed E-state index contributed by atoms with van der Waals surface area (Å²) < 4.78 is 5.21. The molecule has 1 aromatic rings. The van der Waals surface area contributed by atoms with Gasteiger partial charge in [-0.05, 0) is 42.9 Å². The summed E-state index contributed by atoms with van der Waals surface area (Å²) in [5, 5.41) is 11.3. The normalized spacial score (nSPS) is 29.1. The average molecular weight is 255 g/mol. The highest BCUT2D eigenvalue weighted by molar-refractivity contribution is 6.32. The molecule has 0 radical (unpaired) electrons. The predicted molar refractivity (Wildman–Crippen MR) is 69.5 cm³/mol. The molecule has 17 heavy (non-hydrogen) atoms. The molecule has 0 amide bonds. The average Bonchev–Trinajstić information content (AvgIpc) is 2.29. The lowest BCUT2D eigenvalue weighted by Crippen LogP contribution is -2.31. The fourth-order valence-electron chi connectivity index (χ4n) is 2.73. The molecule has 94 valence electrons. The van der Waals surface area contributed by atoms with Crippen molar-refractivity contribution in [2.45, 2.75) is 38.2 Å². The maximum absolute atomic E-state index is 10.7. The smallest absolute Gasteiger partial charge is 0.137 e. The summed E-state index contributed by atoms with van der Waals surface area (Å²) in [5.74, 6) is 1.20. The van der Waals surface area contributed by atoms with Gasteiger partial charge in [0.15, 0.2) is 0 Å². The van der Waals surface area contributed by atoms with Crippen LogP contribution >= 0.6 is 11.6 Å². The highest BCUT2D eigenvalue weighted by Crippen LogP contribution is 2.41. The van der Waals surface area contributed by atoms with Crippen molar-refractivity contribution >= 4 is 11.6 Å². The summed E-state index contributed by atoms with van der Waals surface area (Å²) in [6.07, 6.45) is 3.91. The number of hydrogen-bond donors (Lipinski definition) is 1. The second-order valence-corrected chi connectivity index (χ2v) is 5.49. The van der Waals surface area contributed by atoms with Crippen LogP contribution in [0.3, 0.4) is 0 Å². The zero-order valence-corrected chi connectivity index (χ0v) is 11.1. The summed E-state index contributed by atoms with van der Waals surface area (Å²) in [4.78, 5) is 0. The van der Waals surface area contributed by atoms with Gasteiger partial charge >= 0.3 is 0 Å². The van der Waals surface area contributed by atoms with Crippen LogP contribution in [0.5, 0.6) is 5.75 Å². The summed E-state index contributed by atoms with van der Waals surface area (Å²) in [5.41, 5.74) is 0.209. The third-order valence-electron chi connectivity index (χ3n) is 3.66. The molecule has 2 nitrogen and oxygen atoms in total. The molecule has 1 aliphatic rings. The molecule has 3 heteroatoms. The highest BCUT2D eigenvalue weighted by atomic mass is 35.5. The van der Waals surface area contributed by atoms with Crippen molar-refractivity contribution in [2.24, 2.45) is 5.92 Å². The number of ether oxygens (including phenoxy) is 1. The fourth-order valence-corrected chi connectivity index (χ4v) is 2.93. The van der Waals surface area contributed by atoms with E-state index in [1.807, 2.05) is 12.1 Å². The number of halogens is 1. The number of methoxy groups -OCH3 is 1. The second kappa shape index (κ2) is 4.87. The van der Waals surface area contributed by atoms with Gasteiger partial charge in [-0.3, -0.25) is 0 Å². The Labute approximate surface area is 108 Å². The van der Waals surface area contributed by atoms with Crippen LogP contribution in [-0.2, 0) is 5.60 Å². The van der Waals surface area contributed by atoms with E-state index in [4.69, 9.17) is 16.3 Å². The molecule has 0 heterocycles. The van der Waals surface area contributed by atoms with E-state index >= 15 is 0 Å². The van der Waals surface area contributed by atoms with Gasteiger partial charge in [-0.2, -0.15) is 0 Å². The van der Waals surface area contributed by atoms with Crippen LogP contribution in [0.4, 0.5) is 0 Å². The summed E-state index contributed by atoms with van der Waals surface area (Å²) >= 11 is 6.00. The minimum absolute atomic E-state index is 0.565. The summed E-state index contributed by atoms with van der Waals surface area (Å²) in [6.45, 7) is 2.19. The molecule has 0 bridgehead atoms. The largest absolute Gasteiger partial charge is 0.495 e. The maximum Gasteiger partial charge on any atom is 0.137 e. The third kappa shape index (κ3) is 2.58. The van der Waals surface area contributed by atoms with Gasteiger partial charge in [0.1, 0.15) is 5.75 Å². The molecule has 2 unspecified atom stereocenters. The Hall–Kier alpha value is -0.730. The molecule has 1 aliphatic carbocycles. The van der Waals surface area contributed by atoms with Crippen LogP contribution in [-0.4, -0.2) is 12.2 Å². The lowest BCUT2D eigenvalue weighted by molar-refractivity contribution is -0.0180. The molecule has 1 aromatic carbocycles. The molecular weight excluding hydrogens is 236 g/mol. The topological polar surface area (TPSA) is 29.5 Å². The molecule has 0 saturated heterocycles. The minimum atomic E-state index is -0.713. The van der Waals surface area contributed by atoms with E-state index in [9.17, 15) is 5.11 Å². The Balaban J connectivity index is 2.32. The zero-order chi connectivity index (χ0) is 12.5. The van der Waals surface area contributed by atoms with Gasteiger partial charge in [0.25, 0.3) is 0 Å². The monoisotopic (exact) mass is 254 g/mol. The Kier molecular flexibility index (Phi) is 3.64. The van der Waals surface area contributed by atoms with Gasteiger partial charge in [-0.1, -0.05) is 31.0 Å². The lowest BCUT2D eigenvalue weighted by atomic mass is 9.75. The van der Waals surface area contributed by atoms with Gasteiger partial charge < -0.3 is 9.84 Å². The first-order chi connectivity index (χ1) is 8.05. The van der Waals surface area contributed by atoms with E-state index < -0.39 is 5.60 Å². The first-order valence-electron chi connectivity index (χ1n) is 6.11. The molecule has 0 aromatic heterocycles. The molecule has 1 N–H and O–H groups in total. The van der Waals surface area contributed by atoms with Crippen LogP contribution < -0.4 is 4.74 Å². The van der Waals surface area contributed by atoms with Crippen LogP contribution in [0.25, 0.3) is 0 Å². The number of hydrogen-bond acceptors (Lipinski definition) is 2. The van der Waals surface area contributed by atoms with E-state index in [-0.39, 0.29) is 0 Å². The standard InChI is InChI=1S/C14H19ClO2/c1-10-4-3-7-14(16,9-10)11-5-6-12(15)13(8-11)17-2/h5-6,8,10,16H,3-4,7,9H2,1-2H3. The maximum atomic E-state index is 10.7. The van der Waals surface area contributed by atoms with Crippen molar-refractivity contribution in [1.29, 1.82) is 0 Å². The SMILES string of the molecule is COc1cc(C2(O)CCCC(C)C2)ccc1Cl. The zero-order valence-electron chi connectivity index (χ0n) is 10.4. The highest BCUT2D eigenvalue weighted by Gasteiger charge is 2.34. The molecule has 1 saturated carbocycles. The van der Waals surface area contributed by atoms with E-state index in [1.54, 1.807) is 13.2 Å². The summed E-state index contributed by atoms with van der Waals surface area (Å²) in [6, 6.07) is 5.57. The molecule has 0 aliphatic heterocycles. The van der Waals surface area contributed by atoms with Crippen LogP contribution in [0, 0.1) is 5.92 Å². The van der Waals surface area contributed by atoms with Crippen LogP contribution in [0.2, 0.25) is 5.02 Å². The first-order valence-corrected chi connectivity index (χ1v) is 6.49. The lowest BCUT2D eigenvalue weighted by Gasteiger charge is -2.36. The van der Waals surface area contributed by atoms with Gasteiger partial charge in [0.2, 0.25) is 0 Å². The number of aliphatic hydroxyl groups is 1. The van der Waals surface area contributed by atoms with E-state index in [1.165, 1.54) is 6.42 Å². The number of benzene rings is 1. The van der Waals surface area contributed by atoms with Crippen LogP contribution in [0.15, 0.2) is 18.2 Å². The minimum Gasteiger partial charge on any atom is -0.495 e. The van der Waals surface area contributed by atoms with Crippen molar-refractivity contribution in [3.63, 3.8) is 0 Å². The molecule has 0 spiro atoms. The Bertz CT molecular complexity index is 405. The van der Waals surface area contributed by atoms with Crippen molar-refractivity contribution in [3.8, 4) is 5.75 Å². The summed E-state index contributed by atoms with van der Waals surface area (Å²) in [7, 11) is 1.60. The molecule has 2 rings (SSSR count). The fraction of sp³-hybridized carbons (Fsp3) is 0.571. The Morgan fingerprint density at radius 3 is 2.88 bits per heavy atom.